The first kappa shape index (κ1) is 22.9. The minimum absolute atomic E-state index is 0.326. The van der Waals surface area contributed by atoms with Crippen LogP contribution < -0.4 is 24.4 Å². The Bertz CT molecular complexity index is 915. The fourth-order valence-electron chi connectivity index (χ4n) is 2.70. The number of nitrogens with one attached hydrogen (secondary N) is 1. The number of alkyl halides is 3. The Morgan fingerprint density at radius 1 is 1.00 bits per heavy atom. The van der Waals surface area contributed by atoms with E-state index < -0.39 is 17.6 Å². The summed E-state index contributed by atoms with van der Waals surface area (Å²) in [7, 11) is 7.63. The monoisotopic (exact) mass is 424 g/mol. The van der Waals surface area contributed by atoms with Crippen LogP contribution in [0, 0.1) is 0 Å². The van der Waals surface area contributed by atoms with Gasteiger partial charge in [-0.05, 0) is 42.0 Å². The average Bonchev–Trinajstić information content (AvgIpc) is 2.70. The molecule has 0 spiro atoms. The summed E-state index contributed by atoms with van der Waals surface area (Å²) >= 11 is 0. The van der Waals surface area contributed by atoms with Crippen LogP contribution in [0.5, 0.6) is 17.2 Å². The summed E-state index contributed by atoms with van der Waals surface area (Å²) < 4.78 is 55.9. The second-order valence-electron chi connectivity index (χ2n) is 6.40. The largest absolute Gasteiger partial charge is 0.493 e. The van der Waals surface area contributed by atoms with Crippen LogP contribution in [0.15, 0.2) is 36.4 Å². The maximum atomic E-state index is 13.4. The quantitative estimate of drug-likeness (QED) is 0.666. The molecule has 0 radical (unpaired) electrons. The molecular formula is C21H23F3N2O4. The molecule has 0 aromatic heterocycles. The second kappa shape index (κ2) is 9.43. The van der Waals surface area contributed by atoms with Gasteiger partial charge in [-0.25, -0.2) is 0 Å². The van der Waals surface area contributed by atoms with Gasteiger partial charge in [-0.1, -0.05) is 0 Å². The smallest absolute Gasteiger partial charge is 0.418 e. The molecule has 2 rings (SSSR count). The van der Waals surface area contributed by atoms with E-state index in [9.17, 15) is 18.0 Å². The third-order valence-electron chi connectivity index (χ3n) is 4.20. The van der Waals surface area contributed by atoms with Gasteiger partial charge < -0.3 is 24.4 Å². The molecule has 1 N–H and O–H groups in total. The van der Waals surface area contributed by atoms with E-state index in [0.717, 1.165) is 12.1 Å². The Morgan fingerprint density at radius 3 is 2.07 bits per heavy atom. The highest BCUT2D eigenvalue weighted by Crippen LogP contribution is 2.39. The standard InChI is InChI=1S/C21H23F3N2O4/c1-26(2)14-7-8-16(15(12-14)21(22,23)24)25-19(27)9-6-13-10-17(28-3)20(30-5)18(11-13)29-4/h6-12H,1-5H3,(H,25,27)/b9-6+. The van der Waals surface area contributed by atoms with Crippen molar-refractivity contribution in [2.75, 3.05) is 45.6 Å². The number of carbonyl (C=O) groups excluding carboxylic acids is 1. The molecule has 2 aromatic carbocycles. The zero-order valence-corrected chi connectivity index (χ0v) is 17.3. The third kappa shape index (κ3) is 5.37. The van der Waals surface area contributed by atoms with Crippen LogP contribution in [0.25, 0.3) is 6.08 Å². The Labute approximate surface area is 172 Å². The summed E-state index contributed by atoms with van der Waals surface area (Å²) in [5.74, 6) is 0.440. The predicted octanol–water partition coefficient (Wildman–Crippen LogP) is 4.45. The Kier molecular flexibility index (Phi) is 7.20. The molecule has 0 atom stereocenters. The van der Waals surface area contributed by atoms with E-state index in [1.165, 1.54) is 39.5 Å². The van der Waals surface area contributed by atoms with E-state index in [1.807, 2.05) is 0 Å². The average molecular weight is 424 g/mol. The molecule has 0 aliphatic carbocycles. The number of hydrogen-bond donors (Lipinski definition) is 1. The van der Waals surface area contributed by atoms with Gasteiger partial charge in [-0.15, -0.1) is 0 Å². The number of anilines is 2. The van der Waals surface area contributed by atoms with E-state index in [2.05, 4.69) is 5.32 Å². The molecule has 0 saturated heterocycles. The van der Waals surface area contributed by atoms with Gasteiger partial charge >= 0.3 is 6.18 Å². The lowest BCUT2D eigenvalue weighted by Crippen LogP contribution is -2.16. The summed E-state index contributed by atoms with van der Waals surface area (Å²) in [5.41, 5.74) is -0.345. The number of halogens is 3. The molecule has 9 heteroatoms. The van der Waals surface area contributed by atoms with Gasteiger partial charge in [-0.3, -0.25) is 4.79 Å². The van der Waals surface area contributed by atoms with Gasteiger partial charge in [0.15, 0.2) is 11.5 Å². The number of rotatable bonds is 7. The van der Waals surface area contributed by atoms with Crippen molar-refractivity contribution in [1.29, 1.82) is 0 Å². The van der Waals surface area contributed by atoms with Crippen LogP contribution in [0.3, 0.4) is 0 Å². The number of carbonyl (C=O) groups is 1. The number of hydrogen-bond acceptors (Lipinski definition) is 5. The SMILES string of the molecule is COc1cc(/C=C/C(=O)Nc2ccc(N(C)C)cc2C(F)(F)F)cc(OC)c1OC. The molecule has 6 nitrogen and oxygen atoms in total. The summed E-state index contributed by atoms with van der Waals surface area (Å²) in [5, 5.41) is 2.28. The molecule has 0 saturated carbocycles. The van der Waals surface area contributed by atoms with Crippen LogP contribution in [-0.2, 0) is 11.0 Å². The van der Waals surface area contributed by atoms with Crippen molar-refractivity contribution in [2.45, 2.75) is 6.18 Å². The van der Waals surface area contributed by atoms with Crippen molar-refractivity contribution in [3.8, 4) is 17.2 Å². The van der Waals surface area contributed by atoms with Gasteiger partial charge in [0.2, 0.25) is 11.7 Å². The minimum atomic E-state index is -4.62. The van der Waals surface area contributed by atoms with Crippen LogP contribution in [-0.4, -0.2) is 41.3 Å². The maximum Gasteiger partial charge on any atom is 0.418 e. The zero-order valence-electron chi connectivity index (χ0n) is 17.3. The van der Waals surface area contributed by atoms with Gasteiger partial charge in [0, 0.05) is 25.9 Å². The molecule has 0 heterocycles. The molecule has 0 aliphatic rings. The number of benzene rings is 2. The lowest BCUT2D eigenvalue weighted by atomic mass is 10.1. The number of nitrogens with zero attached hydrogens (tertiary/aromatic N) is 1. The highest BCUT2D eigenvalue weighted by Gasteiger charge is 2.34. The van der Waals surface area contributed by atoms with Crippen molar-refractivity contribution in [3.05, 3.63) is 47.5 Å². The first-order valence-corrected chi connectivity index (χ1v) is 8.78. The zero-order chi connectivity index (χ0) is 22.5. The lowest BCUT2D eigenvalue weighted by Gasteiger charge is -2.18. The highest BCUT2D eigenvalue weighted by molar-refractivity contribution is 6.02. The molecule has 0 bridgehead atoms. The molecule has 0 aliphatic heterocycles. The van der Waals surface area contributed by atoms with Gasteiger partial charge in [0.1, 0.15) is 0 Å². The Morgan fingerprint density at radius 2 is 1.60 bits per heavy atom. The van der Waals surface area contributed by atoms with Crippen molar-refractivity contribution in [3.63, 3.8) is 0 Å². The third-order valence-corrected chi connectivity index (χ3v) is 4.20. The summed E-state index contributed by atoms with van der Waals surface area (Å²) in [4.78, 5) is 13.8. The van der Waals surface area contributed by atoms with Crippen LogP contribution in [0.2, 0.25) is 0 Å². The van der Waals surface area contributed by atoms with E-state index in [1.54, 1.807) is 31.1 Å². The normalized spacial score (nSPS) is 11.3. The van der Waals surface area contributed by atoms with E-state index in [-0.39, 0.29) is 5.69 Å². The van der Waals surface area contributed by atoms with Crippen molar-refractivity contribution in [1.82, 2.24) is 0 Å². The van der Waals surface area contributed by atoms with Gasteiger partial charge in [-0.2, -0.15) is 13.2 Å². The summed E-state index contributed by atoms with van der Waals surface area (Å²) in [6.07, 6.45) is -2.06. The number of amides is 1. The van der Waals surface area contributed by atoms with Crippen molar-refractivity contribution in [2.24, 2.45) is 0 Å². The van der Waals surface area contributed by atoms with Gasteiger partial charge in [0.25, 0.3) is 0 Å². The van der Waals surface area contributed by atoms with Crippen LogP contribution in [0.1, 0.15) is 11.1 Å². The topological polar surface area (TPSA) is 60.0 Å². The molecule has 2 aromatic rings. The highest BCUT2D eigenvalue weighted by atomic mass is 19.4. The predicted molar refractivity (Wildman–Crippen MR) is 110 cm³/mol. The van der Waals surface area contributed by atoms with Gasteiger partial charge in [0.05, 0.1) is 32.6 Å². The fourth-order valence-corrected chi connectivity index (χ4v) is 2.70. The fraction of sp³-hybridized carbons (Fsp3) is 0.286. The first-order valence-electron chi connectivity index (χ1n) is 8.78. The molecule has 0 fully saturated rings. The number of methoxy groups -OCH3 is 3. The van der Waals surface area contributed by atoms with E-state index >= 15 is 0 Å². The van der Waals surface area contributed by atoms with Crippen molar-refractivity contribution >= 4 is 23.4 Å². The second-order valence-corrected chi connectivity index (χ2v) is 6.40. The minimum Gasteiger partial charge on any atom is -0.493 e. The molecule has 0 unspecified atom stereocenters. The number of ether oxygens (including phenoxy) is 3. The molecule has 30 heavy (non-hydrogen) atoms. The van der Waals surface area contributed by atoms with Crippen LogP contribution in [0.4, 0.5) is 24.5 Å². The van der Waals surface area contributed by atoms with Crippen molar-refractivity contribution < 1.29 is 32.2 Å². The Balaban J connectivity index is 2.29. The Hall–Kier alpha value is -3.36. The molecule has 162 valence electrons. The molecular weight excluding hydrogens is 401 g/mol. The summed E-state index contributed by atoms with van der Waals surface area (Å²) in [6, 6.07) is 6.92. The molecule has 1 amide bonds. The van der Waals surface area contributed by atoms with E-state index in [0.29, 0.717) is 28.5 Å². The first-order chi connectivity index (χ1) is 14.1. The van der Waals surface area contributed by atoms with E-state index in [4.69, 9.17) is 14.2 Å². The van der Waals surface area contributed by atoms with Crippen LogP contribution >= 0.6 is 0 Å². The maximum absolute atomic E-state index is 13.4. The summed E-state index contributed by atoms with van der Waals surface area (Å²) in [6.45, 7) is 0. The lowest BCUT2D eigenvalue weighted by molar-refractivity contribution is -0.136.